The molecule has 0 aliphatic carbocycles. The third-order valence-corrected chi connectivity index (χ3v) is 6.34. The van der Waals surface area contributed by atoms with E-state index in [0.29, 0.717) is 11.8 Å². The molecule has 0 saturated carbocycles. The van der Waals surface area contributed by atoms with Gasteiger partial charge in [-0.15, -0.1) is 0 Å². The molecule has 164 valence electrons. The zero-order valence-corrected chi connectivity index (χ0v) is 19.4. The van der Waals surface area contributed by atoms with Gasteiger partial charge in [-0.25, -0.2) is 4.98 Å². The van der Waals surface area contributed by atoms with Crippen LogP contribution in [0, 0.1) is 0 Å². The number of fused-ring (bicyclic) bond motifs is 1. The Bertz CT molecular complexity index is 1200. The minimum Gasteiger partial charge on any atom is -0.369 e. The Morgan fingerprint density at radius 3 is 2.53 bits per heavy atom. The Kier molecular flexibility index (Phi) is 5.91. The molecule has 1 fully saturated rings. The Morgan fingerprint density at radius 1 is 0.969 bits per heavy atom. The monoisotopic (exact) mass is 492 g/mol. The van der Waals surface area contributed by atoms with Gasteiger partial charge in [0.2, 0.25) is 5.95 Å². The predicted octanol–water partition coefficient (Wildman–Crippen LogP) is 4.74. The first-order valence-electron chi connectivity index (χ1n) is 10.7. The SMILES string of the molecule is CCN1CCN(c2ccc(Nc3ncc(Br)c(Nc4ccc5[nH]ncc5c4)n3)cc2)CC1. The summed E-state index contributed by atoms with van der Waals surface area (Å²) in [6, 6.07) is 14.5. The number of hydrogen-bond donors (Lipinski definition) is 3. The fourth-order valence-corrected chi connectivity index (χ4v) is 4.17. The summed E-state index contributed by atoms with van der Waals surface area (Å²) in [5.41, 5.74) is 4.13. The van der Waals surface area contributed by atoms with Crippen molar-refractivity contribution < 1.29 is 0 Å². The maximum absolute atomic E-state index is 4.64. The first kappa shape index (κ1) is 20.7. The molecule has 0 spiro atoms. The molecule has 9 heteroatoms. The molecule has 0 atom stereocenters. The number of hydrogen-bond acceptors (Lipinski definition) is 7. The van der Waals surface area contributed by atoms with Gasteiger partial charge in [0.25, 0.3) is 0 Å². The fraction of sp³-hybridized carbons (Fsp3) is 0.261. The first-order valence-corrected chi connectivity index (χ1v) is 11.5. The van der Waals surface area contributed by atoms with Crippen LogP contribution in [0.2, 0.25) is 0 Å². The maximum Gasteiger partial charge on any atom is 0.229 e. The van der Waals surface area contributed by atoms with Gasteiger partial charge in [-0.3, -0.25) is 5.10 Å². The normalized spacial score (nSPS) is 14.6. The van der Waals surface area contributed by atoms with Crippen LogP contribution in [-0.2, 0) is 0 Å². The molecule has 2 aromatic heterocycles. The number of rotatable bonds is 6. The second-order valence-corrected chi connectivity index (χ2v) is 8.63. The van der Waals surface area contributed by atoms with E-state index in [2.05, 4.69) is 87.7 Å². The molecule has 3 heterocycles. The molecule has 1 aliphatic heterocycles. The molecule has 1 aliphatic rings. The molecule has 2 aromatic carbocycles. The first-order chi connectivity index (χ1) is 15.7. The number of halogens is 1. The van der Waals surface area contributed by atoms with E-state index in [1.165, 1.54) is 5.69 Å². The highest BCUT2D eigenvalue weighted by Crippen LogP contribution is 2.27. The van der Waals surface area contributed by atoms with Crippen molar-refractivity contribution >= 4 is 55.7 Å². The van der Waals surface area contributed by atoms with Crippen molar-refractivity contribution in [1.29, 1.82) is 0 Å². The summed E-state index contributed by atoms with van der Waals surface area (Å²) in [6.07, 6.45) is 3.55. The third kappa shape index (κ3) is 4.53. The lowest BCUT2D eigenvalue weighted by atomic mass is 10.2. The number of aromatic amines is 1. The second kappa shape index (κ2) is 9.13. The van der Waals surface area contributed by atoms with Gasteiger partial charge in [0.05, 0.1) is 16.2 Å². The van der Waals surface area contributed by atoms with E-state index >= 15 is 0 Å². The number of likely N-dealkylation sites (N-methyl/N-ethyl adjacent to an activating group) is 1. The summed E-state index contributed by atoms with van der Waals surface area (Å²) < 4.78 is 0.789. The van der Waals surface area contributed by atoms with E-state index in [1.807, 2.05) is 18.2 Å². The van der Waals surface area contributed by atoms with Gasteiger partial charge in [-0.1, -0.05) is 6.92 Å². The smallest absolute Gasteiger partial charge is 0.229 e. The summed E-state index contributed by atoms with van der Waals surface area (Å²) in [5.74, 6) is 1.22. The quantitative estimate of drug-likeness (QED) is 0.358. The molecule has 0 unspecified atom stereocenters. The molecule has 0 bridgehead atoms. The van der Waals surface area contributed by atoms with E-state index in [4.69, 9.17) is 0 Å². The topological polar surface area (TPSA) is 85.0 Å². The average molecular weight is 493 g/mol. The second-order valence-electron chi connectivity index (χ2n) is 7.78. The van der Waals surface area contributed by atoms with Crippen LogP contribution in [-0.4, -0.2) is 57.8 Å². The van der Waals surface area contributed by atoms with Crippen LogP contribution in [0.15, 0.2) is 59.3 Å². The largest absolute Gasteiger partial charge is 0.369 e. The van der Waals surface area contributed by atoms with Crippen molar-refractivity contribution in [2.24, 2.45) is 0 Å². The third-order valence-electron chi connectivity index (χ3n) is 5.76. The van der Waals surface area contributed by atoms with Crippen LogP contribution < -0.4 is 15.5 Å². The highest BCUT2D eigenvalue weighted by atomic mass is 79.9. The molecule has 8 nitrogen and oxygen atoms in total. The molecular weight excluding hydrogens is 468 g/mol. The molecule has 0 radical (unpaired) electrons. The highest BCUT2D eigenvalue weighted by molar-refractivity contribution is 9.10. The van der Waals surface area contributed by atoms with Gasteiger partial charge in [0, 0.05) is 54.8 Å². The number of nitrogens with zero attached hydrogens (tertiary/aromatic N) is 5. The number of H-pyrrole nitrogens is 1. The fourth-order valence-electron chi connectivity index (χ4n) is 3.88. The Morgan fingerprint density at radius 2 is 1.75 bits per heavy atom. The number of aromatic nitrogens is 4. The van der Waals surface area contributed by atoms with Gasteiger partial charge in [0.15, 0.2) is 0 Å². The van der Waals surface area contributed by atoms with Crippen LogP contribution in [0.5, 0.6) is 0 Å². The molecule has 5 rings (SSSR count). The number of anilines is 5. The van der Waals surface area contributed by atoms with Crippen LogP contribution >= 0.6 is 15.9 Å². The lowest BCUT2D eigenvalue weighted by molar-refractivity contribution is 0.271. The van der Waals surface area contributed by atoms with E-state index in [-0.39, 0.29) is 0 Å². The van der Waals surface area contributed by atoms with Gasteiger partial charge in [-0.05, 0) is 64.9 Å². The zero-order valence-electron chi connectivity index (χ0n) is 17.8. The van der Waals surface area contributed by atoms with Crippen LogP contribution in [0.3, 0.4) is 0 Å². The van der Waals surface area contributed by atoms with Gasteiger partial charge >= 0.3 is 0 Å². The average Bonchev–Trinajstić information content (AvgIpc) is 3.30. The Labute approximate surface area is 195 Å². The van der Waals surface area contributed by atoms with Crippen LogP contribution in [0.1, 0.15) is 6.92 Å². The summed E-state index contributed by atoms with van der Waals surface area (Å²) in [7, 11) is 0. The standard InChI is InChI=1S/C23H25BrN8/c1-2-31-9-11-32(12-10-31)19-6-3-17(4-7-19)28-23-25-15-20(24)22(29-23)27-18-5-8-21-16(13-18)14-26-30-21/h3-8,13-15H,2,9-12H2,1H3,(H,26,30)(H2,25,27,28,29). The number of benzene rings is 2. The molecular formula is C23H25BrN8. The predicted molar refractivity (Wildman–Crippen MR) is 133 cm³/mol. The van der Waals surface area contributed by atoms with Gasteiger partial charge in [0.1, 0.15) is 5.82 Å². The summed E-state index contributed by atoms with van der Waals surface area (Å²) in [6.45, 7) is 7.71. The lowest BCUT2D eigenvalue weighted by Gasteiger charge is -2.35. The minimum atomic E-state index is 0.532. The number of piperazine rings is 1. The van der Waals surface area contributed by atoms with Crippen molar-refractivity contribution in [3.8, 4) is 0 Å². The molecule has 4 aromatic rings. The molecule has 1 saturated heterocycles. The highest BCUT2D eigenvalue weighted by Gasteiger charge is 2.15. The van der Waals surface area contributed by atoms with E-state index in [0.717, 1.165) is 59.5 Å². The van der Waals surface area contributed by atoms with Crippen molar-refractivity contribution in [1.82, 2.24) is 25.1 Å². The minimum absolute atomic E-state index is 0.532. The summed E-state index contributed by atoms with van der Waals surface area (Å²) in [4.78, 5) is 14.0. The Hall–Kier alpha value is -3.17. The summed E-state index contributed by atoms with van der Waals surface area (Å²) in [5, 5.41) is 14.7. The van der Waals surface area contributed by atoms with E-state index in [9.17, 15) is 0 Å². The zero-order chi connectivity index (χ0) is 21.9. The van der Waals surface area contributed by atoms with Gasteiger partial charge in [-0.2, -0.15) is 10.1 Å². The number of nitrogens with one attached hydrogen (secondary N) is 3. The van der Waals surface area contributed by atoms with Crippen molar-refractivity contribution in [3.05, 3.63) is 59.3 Å². The molecule has 32 heavy (non-hydrogen) atoms. The van der Waals surface area contributed by atoms with Crippen molar-refractivity contribution in [2.75, 3.05) is 48.3 Å². The van der Waals surface area contributed by atoms with E-state index < -0.39 is 0 Å². The van der Waals surface area contributed by atoms with E-state index in [1.54, 1.807) is 12.4 Å². The van der Waals surface area contributed by atoms with Crippen LogP contribution in [0.4, 0.5) is 28.8 Å². The van der Waals surface area contributed by atoms with Crippen LogP contribution in [0.25, 0.3) is 10.9 Å². The molecule has 3 N–H and O–H groups in total. The maximum atomic E-state index is 4.64. The van der Waals surface area contributed by atoms with Gasteiger partial charge < -0.3 is 20.4 Å². The van der Waals surface area contributed by atoms with Crippen molar-refractivity contribution in [2.45, 2.75) is 6.92 Å². The lowest BCUT2D eigenvalue weighted by Crippen LogP contribution is -2.46. The summed E-state index contributed by atoms with van der Waals surface area (Å²) >= 11 is 3.54. The van der Waals surface area contributed by atoms with Crippen molar-refractivity contribution in [3.63, 3.8) is 0 Å². The Balaban J connectivity index is 1.27. The molecule has 0 amide bonds.